The molecule has 6 nitrogen and oxygen atoms in total. The number of aromatic nitrogens is 4. The van der Waals surface area contributed by atoms with E-state index in [1.54, 1.807) is 7.11 Å². The molecule has 6 heteroatoms. The summed E-state index contributed by atoms with van der Waals surface area (Å²) in [5.74, 6) is 1.74. The molecule has 0 unspecified atom stereocenters. The van der Waals surface area contributed by atoms with E-state index in [4.69, 9.17) is 9.84 Å². The predicted molar refractivity (Wildman–Crippen MR) is 87.4 cm³/mol. The number of benzene rings is 1. The zero-order valence-corrected chi connectivity index (χ0v) is 13.1. The third-order valence-corrected chi connectivity index (χ3v) is 4.29. The molecular weight excluding hydrogens is 290 g/mol. The molecule has 0 radical (unpaired) electrons. The average molecular weight is 309 g/mol. The van der Waals surface area contributed by atoms with Gasteiger partial charge in [0.25, 0.3) is 0 Å². The molecule has 0 amide bonds. The van der Waals surface area contributed by atoms with Gasteiger partial charge in [-0.3, -0.25) is 0 Å². The maximum atomic E-state index is 5.21. The molecule has 23 heavy (non-hydrogen) atoms. The highest BCUT2D eigenvalue weighted by molar-refractivity contribution is 5.61. The molecule has 0 bridgehead atoms. The summed E-state index contributed by atoms with van der Waals surface area (Å²) in [7, 11) is 1.67. The highest BCUT2D eigenvalue weighted by Crippen LogP contribution is 2.24. The van der Waals surface area contributed by atoms with Gasteiger partial charge in [-0.15, -0.1) is 10.2 Å². The smallest absolute Gasteiger partial charge is 0.178 e. The predicted octanol–water partition coefficient (Wildman–Crippen LogP) is 2.61. The van der Waals surface area contributed by atoms with Gasteiger partial charge in [-0.05, 0) is 55.8 Å². The Morgan fingerprint density at radius 1 is 1.09 bits per heavy atom. The zero-order valence-electron chi connectivity index (χ0n) is 13.1. The second kappa shape index (κ2) is 5.96. The first-order valence-electron chi connectivity index (χ1n) is 7.95. The van der Waals surface area contributed by atoms with Crippen molar-refractivity contribution >= 4 is 5.65 Å². The summed E-state index contributed by atoms with van der Waals surface area (Å²) in [5.41, 5.74) is 2.73. The molecule has 1 fully saturated rings. The largest absolute Gasteiger partial charge is 0.497 e. The number of fused-ring (bicyclic) bond motifs is 1. The SMILES string of the molecule is COc1ccc(-c2ccc3nnc([C@H]4CCCCN4)n3n2)cc1. The Kier molecular flexibility index (Phi) is 3.67. The number of piperidine rings is 1. The molecule has 0 saturated carbocycles. The van der Waals surface area contributed by atoms with Gasteiger partial charge >= 0.3 is 0 Å². The van der Waals surface area contributed by atoms with Crippen LogP contribution in [0.4, 0.5) is 0 Å². The van der Waals surface area contributed by atoms with Gasteiger partial charge in [0.15, 0.2) is 11.5 Å². The first kappa shape index (κ1) is 14.1. The first-order valence-corrected chi connectivity index (χ1v) is 7.95. The summed E-state index contributed by atoms with van der Waals surface area (Å²) in [4.78, 5) is 0. The van der Waals surface area contributed by atoms with E-state index in [0.29, 0.717) is 0 Å². The van der Waals surface area contributed by atoms with Gasteiger partial charge in [-0.2, -0.15) is 9.61 Å². The van der Waals surface area contributed by atoms with E-state index in [1.807, 2.05) is 40.9 Å². The molecule has 1 aliphatic rings. The van der Waals surface area contributed by atoms with Gasteiger partial charge in [0, 0.05) is 5.56 Å². The molecule has 1 aromatic carbocycles. The molecule has 1 aliphatic heterocycles. The lowest BCUT2D eigenvalue weighted by Gasteiger charge is -2.21. The summed E-state index contributed by atoms with van der Waals surface area (Å²) < 4.78 is 7.07. The van der Waals surface area contributed by atoms with Crippen molar-refractivity contribution in [2.75, 3.05) is 13.7 Å². The first-order chi connectivity index (χ1) is 11.3. The van der Waals surface area contributed by atoms with E-state index >= 15 is 0 Å². The van der Waals surface area contributed by atoms with Crippen LogP contribution in [-0.4, -0.2) is 33.5 Å². The normalized spacial score (nSPS) is 18.2. The standard InChI is InChI=1S/C17H19N5O/c1-23-13-7-5-12(6-8-13)14-9-10-16-19-20-17(22(16)21-14)15-4-2-3-11-18-15/h5-10,15,18H,2-4,11H2,1H3/t15-/m1/s1. The number of nitrogens with one attached hydrogen (secondary N) is 1. The fourth-order valence-electron chi connectivity index (χ4n) is 3.01. The summed E-state index contributed by atoms with van der Waals surface area (Å²) in [5, 5.41) is 16.9. The fraction of sp³-hybridized carbons (Fsp3) is 0.353. The Hall–Kier alpha value is -2.47. The average Bonchev–Trinajstić information content (AvgIpc) is 3.05. The molecular formula is C17H19N5O. The van der Waals surface area contributed by atoms with Crippen LogP contribution in [0, 0.1) is 0 Å². The van der Waals surface area contributed by atoms with Crippen LogP contribution in [0.25, 0.3) is 16.9 Å². The lowest BCUT2D eigenvalue weighted by Crippen LogP contribution is -2.28. The van der Waals surface area contributed by atoms with Crippen molar-refractivity contribution in [3.8, 4) is 17.0 Å². The zero-order chi connectivity index (χ0) is 15.6. The lowest BCUT2D eigenvalue weighted by atomic mass is 10.0. The van der Waals surface area contributed by atoms with Crippen LogP contribution in [0.15, 0.2) is 36.4 Å². The molecule has 1 atom stereocenters. The maximum absolute atomic E-state index is 5.21. The van der Waals surface area contributed by atoms with Gasteiger partial charge in [0.2, 0.25) is 0 Å². The van der Waals surface area contributed by atoms with Gasteiger partial charge in [-0.25, -0.2) is 0 Å². The van der Waals surface area contributed by atoms with Gasteiger partial charge < -0.3 is 10.1 Å². The van der Waals surface area contributed by atoms with Crippen molar-refractivity contribution in [2.24, 2.45) is 0 Å². The molecule has 0 spiro atoms. The van der Waals surface area contributed by atoms with Crippen LogP contribution >= 0.6 is 0 Å². The Bertz CT molecular complexity index is 805. The van der Waals surface area contributed by atoms with E-state index in [2.05, 4.69) is 15.5 Å². The third kappa shape index (κ3) is 2.66. The highest BCUT2D eigenvalue weighted by Gasteiger charge is 2.21. The monoisotopic (exact) mass is 309 g/mol. The molecule has 2 aromatic heterocycles. The quantitative estimate of drug-likeness (QED) is 0.805. The van der Waals surface area contributed by atoms with Crippen molar-refractivity contribution in [3.63, 3.8) is 0 Å². The Labute approximate surface area is 134 Å². The minimum absolute atomic E-state index is 0.234. The molecule has 1 N–H and O–H groups in total. The van der Waals surface area contributed by atoms with E-state index in [-0.39, 0.29) is 6.04 Å². The van der Waals surface area contributed by atoms with Crippen molar-refractivity contribution in [3.05, 3.63) is 42.2 Å². The van der Waals surface area contributed by atoms with Crippen LogP contribution in [0.1, 0.15) is 31.1 Å². The second-order valence-corrected chi connectivity index (χ2v) is 5.78. The number of nitrogens with zero attached hydrogens (tertiary/aromatic N) is 4. The van der Waals surface area contributed by atoms with E-state index < -0.39 is 0 Å². The third-order valence-electron chi connectivity index (χ3n) is 4.29. The van der Waals surface area contributed by atoms with Gasteiger partial charge in [0.05, 0.1) is 18.8 Å². The minimum atomic E-state index is 0.234. The summed E-state index contributed by atoms with van der Waals surface area (Å²) in [6, 6.07) is 12.1. The van der Waals surface area contributed by atoms with Crippen molar-refractivity contribution in [1.82, 2.24) is 25.1 Å². The van der Waals surface area contributed by atoms with Crippen LogP contribution in [0.2, 0.25) is 0 Å². The van der Waals surface area contributed by atoms with Gasteiger partial charge in [0.1, 0.15) is 5.75 Å². The number of ether oxygens (including phenoxy) is 1. The Morgan fingerprint density at radius 2 is 1.96 bits per heavy atom. The van der Waals surface area contributed by atoms with E-state index in [1.165, 1.54) is 12.8 Å². The number of methoxy groups -OCH3 is 1. The highest BCUT2D eigenvalue weighted by atomic mass is 16.5. The maximum Gasteiger partial charge on any atom is 0.178 e. The van der Waals surface area contributed by atoms with E-state index in [9.17, 15) is 0 Å². The van der Waals surface area contributed by atoms with Crippen molar-refractivity contribution in [2.45, 2.75) is 25.3 Å². The number of hydrogen-bond acceptors (Lipinski definition) is 5. The van der Waals surface area contributed by atoms with Crippen LogP contribution in [-0.2, 0) is 0 Å². The second-order valence-electron chi connectivity index (χ2n) is 5.78. The molecule has 118 valence electrons. The van der Waals surface area contributed by atoms with E-state index in [0.717, 1.165) is 41.4 Å². The fourth-order valence-corrected chi connectivity index (χ4v) is 3.01. The molecule has 3 aromatic rings. The van der Waals surface area contributed by atoms with Crippen LogP contribution in [0.5, 0.6) is 5.75 Å². The number of rotatable bonds is 3. The minimum Gasteiger partial charge on any atom is -0.497 e. The molecule has 0 aliphatic carbocycles. The van der Waals surface area contributed by atoms with Gasteiger partial charge in [-0.1, -0.05) is 6.42 Å². The summed E-state index contributed by atoms with van der Waals surface area (Å²) >= 11 is 0. The summed E-state index contributed by atoms with van der Waals surface area (Å²) in [6.07, 6.45) is 3.51. The molecule has 1 saturated heterocycles. The molecule has 4 rings (SSSR count). The Balaban J connectivity index is 1.73. The Morgan fingerprint density at radius 3 is 2.70 bits per heavy atom. The topological polar surface area (TPSA) is 64.3 Å². The number of hydrogen-bond donors (Lipinski definition) is 1. The molecule has 3 heterocycles. The summed E-state index contributed by atoms with van der Waals surface area (Å²) in [6.45, 7) is 1.03. The van der Waals surface area contributed by atoms with Crippen LogP contribution in [0.3, 0.4) is 0 Å². The van der Waals surface area contributed by atoms with Crippen molar-refractivity contribution in [1.29, 1.82) is 0 Å². The lowest BCUT2D eigenvalue weighted by molar-refractivity contribution is 0.392. The van der Waals surface area contributed by atoms with Crippen molar-refractivity contribution < 1.29 is 4.74 Å². The van der Waals surface area contributed by atoms with Crippen LogP contribution < -0.4 is 10.1 Å².